The Labute approximate surface area is 127 Å². The molecule has 0 fully saturated rings. The Morgan fingerprint density at radius 1 is 1.24 bits per heavy atom. The number of hydrogen-bond acceptors (Lipinski definition) is 3. The van der Waals surface area contributed by atoms with Crippen molar-refractivity contribution in [2.24, 2.45) is 4.99 Å². The van der Waals surface area contributed by atoms with E-state index in [4.69, 9.17) is 4.74 Å². The van der Waals surface area contributed by atoms with Crippen LogP contribution in [-0.4, -0.2) is 43.9 Å². The van der Waals surface area contributed by atoms with Crippen LogP contribution in [0.5, 0.6) is 0 Å². The maximum atomic E-state index is 10.2. The van der Waals surface area contributed by atoms with Gasteiger partial charge in [0.2, 0.25) is 0 Å². The molecule has 1 aromatic carbocycles. The zero-order valence-corrected chi connectivity index (χ0v) is 13.2. The van der Waals surface area contributed by atoms with Gasteiger partial charge in [0.05, 0.1) is 19.3 Å². The Kier molecular flexibility index (Phi) is 8.47. The molecule has 3 N–H and O–H groups in total. The molecule has 5 heteroatoms. The predicted octanol–water partition coefficient (Wildman–Crippen LogP) is 1.62. The van der Waals surface area contributed by atoms with Crippen LogP contribution in [0.15, 0.2) is 29.3 Å². The van der Waals surface area contributed by atoms with Crippen molar-refractivity contribution in [1.29, 1.82) is 0 Å². The average molecular weight is 293 g/mol. The molecule has 1 rings (SSSR count). The molecular weight excluding hydrogens is 266 g/mol. The van der Waals surface area contributed by atoms with Crippen LogP contribution in [0.25, 0.3) is 0 Å². The van der Waals surface area contributed by atoms with E-state index < -0.39 is 6.10 Å². The lowest BCUT2D eigenvalue weighted by Crippen LogP contribution is -2.39. The third kappa shape index (κ3) is 7.11. The first kappa shape index (κ1) is 17.5. The number of aliphatic imine (C=N–C) groups is 1. The second-order valence-corrected chi connectivity index (χ2v) is 4.77. The summed E-state index contributed by atoms with van der Waals surface area (Å²) in [6.07, 6.45) is -0.590. The third-order valence-electron chi connectivity index (χ3n) is 2.97. The average Bonchev–Trinajstić information content (AvgIpc) is 2.49. The molecule has 21 heavy (non-hydrogen) atoms. The van der Waals surface area contributed by atoms with E-state index in [0.29, 0.717) is 32.3 Å². The molecule has 1 unspecified atom stereocenters. The van der Waals surface area contributed by atoms with Crippen LogP contribution in [0.1, 0.15) is 31.1 Å². The molecule has 0 heterocycles. The number of rotatable bonds is 8. The molecule has 1 aromatic rings. The van der Waals surface area contributed by atoms with Gasteiger partial charge in [-0.2, -0.15) is 0 Å². The van der Waals surface area contributed by atoms with Gasteiger partial charge >= 0.3 is 0 Å². The van der Waals surface area contributed by atoms with Crippen molar-refractivity contribution in [3.8, 4) is 0 Å². The molecule has 0 saturated carbocycles. The van der Waals surface area contributed by atoms with Gasteiger partial charge in [-0.25, -0.2) is 0 Å². The van der Waals surface area contributed by atoms with Gasteiger partial charge in [-0.05, 0) is 26.3 Å². The topological polar surface area (TPSA) is 65.9 Å². The first-order valence-electron chi connectivity index (χ1n) is 7.51. The molecule has 5 nitrogen and oxygen atoms in total. The number of aliphatic hydroxyl groups excluding tert-OH is 1. The van der Waals surface area contributed by atoms with Gasteiger partial charge < -0.3 is 20.5 Å². The van der Waals surface area contributed by atoms with E-state index in [0.717, 1.165) is 12.1 Å². The van der Waals surface area contributed by atoms with E-state index in [1.807, 2.05) is 45.0 Å². The number of nitrogens with one attached hydrogen (secondary N) is 2. The monoisotopic (exact) mass is 293 g/mol. The van der Waals surface area contributed by atoms with Gasteiger partial charge in [-0.1, -0.05) is 29.8 Å². The molecule has 0 aliphatic heterocycles. The standard InChI is InChI=1S/C16H27N3O2/c1-4-17-16(18-10-11-21-5-2)19-12-15(20)14-8-6-13(3)7-9-14/h6-9,15,20H,4-5,10-12H2,1-3H3,(H2,17,18,19). The van der Waals surface area contributed by atoms with Crippen molar-refractivity contribution in [3.05, 3.63) is 35.4 Å². The Balaban J connectivity index is 2.49. The van der Waals surface area contributed by atoms with Crippen molar-refractivity contribution >= 4 is 5.96 Å². The van der Waals surface area contributed by atoms with Crippen LogP contribution in [-0.2, 0) is 4.74 Å². The maximum absolute atomic E-state index is 10.2. The fourth-order valence-electron chi connectivity index (χ4n) is 1.80. The lowest BCUT2D eigenvalue weighted by Gasteiger charge is -2.13. The highest BCUT2D eigenvalue weighted by atomic mass is 16.5. The molecule has 0 aliphatic carbocycles. The fourth-order valence-corrected chi connectivity index (χ4v) is 1.80. The van der Waals surface area contributed by atoms with Crippen molar-refractivity contribution in [2.75, 3.05) is 32.8 Å². The van der Waals surface area contributed by atoms with Gasteiger partial charge in [0, 0.05) is 19.7 Å². The summed E-state index contributed by atoms with van der Waals surface area (Å²) in [4.78, 5) is 4.40. The molecule has 0 bridgehead atoms. The smallest absolute Gasteiger partial charge is 0.191 e. The molecular formula is C16H27N3O2. The summed E-state index contributed by atoms with van der Waals surface area (Å²) in [7, 11) is 0. The van der Waals surface area contributed by atoms with Crippen molar-refractivity contribution in [1.82, 2.24) is 10.6 Å². The molecule has 1 atom stereocenters. The lowest BCUT2D eigenvalue weighted by molar-refractivity contribution is 0.152. The molecule has 0 amide bonds. The quantitative estimate of drug-likeness (QED) is 0.387. The number of hydrogen-bond donors (Lipinski definition) is 3. The van der Waals surface area contributed by atoms with Gasteiger partial charge in [-0.15, -0.1) is 0 Å². The van der Waals surface area contributed by atoms with Gasteiger partial charge in [0.1, 0.15) is 0 Å². The fraction of sp³-hybridized carbons (Fsp3) is 0.562. The Morgan fingerprint density at radius 2 is 1.95 bits per heavy atom. The van der Waals surface area contributed by atoms with E-state index in [9.17, 15) is 5.11 Å². The minimum Gasteiger partial charge on any atom is -0.386 e. The van der Waals surface area contributed by atoms with Crippen molar-refractivity contribution in [2.45, 2.75) is 26.9 Å². The lowest BCUT2D eigenvalue weighted by atomic mass is 10.1. The zero-order valence-electron chi connectivity index (χ0n) is 13.2. The van der Waals surface area contributed by atoms with E-state index in [2.05, 4.69) is 15.6 Å². The first-order chi connectivity index (χ1) is 10.2. The second kappa shape index (κ2) is 10.2. The number of ether oxygens (including phenoxy) is 1. The van der Waals surface area contributed by atoms with E-state index in [-0.39, 0.29) is 0 Å². The highest BCUT2D eigenvalue weighted by Gasteiger charge is 2.07. The second-order valence-electron chi connectivity index (χ2n) is 4.77. The van der Waals surface area contributed by atoms with E-state index in [1.165, 1.54) is 5.56 Å². The summed E-state index contributed by atoms with van der Waals surface area (Å²) in [5.41, 5.74) is 2.06. The summed E-state index contributed by atoms with van der Waals surface area (Å²) in [5, 5.41) is 16.5. The third-order valence-corrected chi connectivity index (χ3v) is 2.97. The number of aliphatic hydroxyl groups is 1. The van der Waals surface area contributed by atoms with Gasteiger partial charge in [0.15, 0.2) is 5.96 Å². The Bertz CT molecular complexity index is 418. The van der Waals surface area contributed by atoms with Crippen molar-refractivity contribution in [3.63, 3.8) is 0 Å². The molecule has 0 saturated heterocycles. The SMILES string of the molecule is CCNC(=NCC(O)c1ccc(C)cc1)NCCOCC. The molecule has 0 radical (unpaired) electrons. The van der Waals surface area contributed by atoms with Crippen LogP contribution in [0.4, 0.5) is 0 Å². The number of aryl methyl sites for hydroxylation is 1. The highest BCUT2D eigenvalue weighted by Crippen LogP contribution is 2.13. The first-order valence-corrected chi connectivity index (χ1v) is 7.51. The number of guanidine groups is 1. The largest absolute Gasteiger partial charge is 0.386 e. The number of nitrogens with zero attached hydrogens (tertiary/aromatic N) is 1. The van der Waals surface area contributed by atoms with Crippen LogP contribution < -0.4 is 10.6 Å². The van der Waals surface area contributed by atoms with Gasteiger partial charge in [0.25, 0.3) is 0 Å². The summed E-state index contributed by atoms with van der Waals surface area (Å²) < 4.78 is 5.27. The van der Waals surface area contributed by atoms with E-state index >= 15 is 0 Å². The minimum absolute atomic E-state index is 0.326. The highest BCUT2D eigenvalue weighted by molar-refractivity contribution is 5.79. The molecule has 0 spiro atoms. The van der Waals surface area contributed by atoms with E-state index in [1.54, 1.807) is 0 Å². The van der Waals surface area contributed by atoms with Crippen LogP contribution >= 0.6 is 0 Å². The normalized spacial score (nSPS) is 13.0. The van der Waals surface area contributed by atoms with Crippen LogP contribution in [0.3, 0.4) is 0 Å². The van der Waals surface area contributed by atoms with Gasteiger partial charge in [-0.3, -0.25) is 4.99 Å². The number of benzene rings is 1. The molecule has 0 aromatic heterocycles. The maximum Gasteiger partial charge on any atom is 0.191 e. The summed E-state index contributed by atoms with van der Waals surface area (Å²) in [6.45, 7) is 9.16. The van der Waals surface area contributed by atoms with Crippen LogP contribution in [0, 0.1) is 6.92 Å². The zero-order chi connectivity index (χ0) is 15.5. The minimum atomic E-state index is -0.590. The summed E-state index contributed by atoms with van der Waals surface area (Å²) in [6, 6.07) is 7.86. The van der Waals surface area contributed by atoms with Crippen molar-refractivity contribution < 1.29 is 9.84 Å². The predicted molar refractivity (Wildman–Crippen MR) is 86.6 cm³/mol. The molecule has 0 aliphatic rings. The van der Waals surface area contributed by atoms with Crippen LogP contribution in [0.2, 0.25) is 0 Å². The Hall–Kier alpha value is -1.59. The summed E-state index contributed by atoms with van der Waals surface area (Å²) in [5.74, 6) is 0.698. The Morgan fingerprint density at radius 3 is 2.57 bits per heavy atom. The molecule has 118 valence electrons. The summed E-state index contributed by atoms with van der Waals surface area (Å²) >= 11 is 0.